The second-order valence-electron chi connectivity index (χ2n) is 4.79. The van der Waals surface area contributed by atoms with E-state index in [1.165, 1.54) is 0 Å². The van der Waals surface area contributed by atoms with Crippen LogP contribution in [0.4, 0.5) is 4.79 Å². The molecule has 5 nitrogen and oxygen atoms in total. The maximum atomic E-state index is 11.6. The SMILES string of the molecule is CCOc1cc(C)ccc1CNC(=O)NCCC(C)O. The second-order valence-corrected chi connectivity index (χ2v) is 4.79. The van der Waals surface area contributed by atoms with Gasteiger partial charge in [0.1, 0.15) is 5.75 Å². The van der Waals surface area contributed by atoms with Crippen LogP contribution in [-0.2, 0) is 6.54 Å². The minimum absolute atomic E-state index is 0.242. The van der Waals surface area contributed by atoms with Gasteiger partial charge in [-0.05, 0) is 38.8 Å². The number of rotatable bonds is 7. The first-order chi connectivity index (χ1) is 9.52. The summed E-state index contributed by atoms with van der Waals surface area (Å²) in [6.45, 7) is 7.09. The molecule has 0 radical (unpaired) electrons. The molecule has 1 rings (SSSR count). The summed E-state index contributed by atoms with van der Waals surface area (Å²) in [5, 5.41) is 14.6. The van der Waals surface area contributed by atoms with Gasteiger partial charge in [0.05, 0.1) is 12.7 Å². The summed E-state index contributed by atoms with van der Waals surface area (Å²) in [7, 11) is 0. The highest BCUT2D eigenvalue weighted by Crippen LogP contribution is 2.20. The monoisotopic (exact) mass is 280 g/mol. The Labute approximate surface area is 120 Å². The van der Waals surface area contributed by atoms with Gasteiger partial charge in [-0.1, -0.05) is 12.1 Å². The fourth-order valence-electron chi connectivity index (χ4n) is 1.73. The van der Waals surface area contributed by atoms with Gasteiger partial charge < -0.3 is 20.5 Å². The van der Waals surface area contributed by atoms with E-state index in [1.54, 1.807) is 6.92 Å². The normalized spacial score (nSPS) is 11.8. The quantitative estimate of drug-likeness (QED) is 0.715. The van der Waals surface area contributed by atoms with Crippen molar-refractivity contribution in [3.8, 4) is 5.75 Å². The third kappa shape index (κ3) is 5.93. The lowest BCUT2D eigenvalue weighted by Crippen LogP contribution is -2.36. The zero-order valence-corrected chi connectivity index (χ0v) is 12.4. The van der Waals surface area contributed by atoms with Crippen molar-refractivity contribution in [1.29, 1.82) is 0 Å². The number of benzene rings is 1. The number of aliphatic hydroxyl groups is 1. The van der Waals surface area contributed by atoms with Gasteiger partial charge in [0.15, 0.2) is 0 Å². The molecular formula is C15H24N2O3. The van der Waals surface area contributed by atoms with Crippen LogP contribution in [0.3, 0.4) is 0 Å². The highest BCUT2D eigenvalue weighted by atomic mass is 16.5. The van der Waals surface area contributed by atoms with E-state index in [1.807, 2.05) is 32.0 Å². The van der Waals surface area contributed by atoms with Crippen LogP contribution < -0.4 is 15.4 Å². The molecule has 0 aliphatic rings. The van der Waals surface area contributed by atoms with Crippen molar-refractivity contribution in [3.63, 3.8) is 0 Å². The Balaban J connectivity index is 2.46. The molecule has 1 unspecified atom stereocenters. The summed E-state index contributed by atoms with van der Waals surface area (Å²) < 4.78 is 5.56. The smallest absolute Gasteiger partial charge is 0.315 e. The van der Waals surface area contributed by atoms with Gasteiger partial charge >= 0.3 is 6.03 Å². The number of hydrogen-bond donors (Lipinski definition) is 3. The lowest BCUT2D eigenvalue weighted by atomic mass is 10.1. The zero-order valence-electron chi connectivity index (χ0n) is 12.4. The van der Waals surface area contributed by atoms with Crippen molar-refractivity contribution in [1.82, 2.24) is 10.6 Å². The van der Waals surface area contributed by atoms with Crippen LogP contribution >= 0.6 is 0 Å². The van der Waals surface area contributed by atoms with E-state index >= 15 is 0 Å². The average molecular weight is 280 g/mol. The molecule has 0 saturated carbocycles. The molecule has 112 valence electrons. The standard InChI is InChI=1S/C15H24N2O3/c1-4-20-14-9-11(2)5-6-13(14)10-17-15(19)16-8-7-12(3)18/h5-6,9,12,18H,4,7-8,10H2,1-3H3,(H2,16,17,19). The molecule has 0 aliphatic carbocycles. The second kappa shape index (κ2) is 8.43. The molecule has 0 aromatic heterocycles. The van der Waals surface area contributed by atoms with E-state index in [4.69, 9.17) is 9.84 Å². The van der Waals surface area contributed by atoms with Gasteiger partial charge in [-0.15, -0.1) is 0 Å². The maximum absolute atomic E-state index is 11.6. The van der Waals surface area contributed by atoms with Crippen molar-refractivity contribution in [3.05, 3.63) is 29.3 Å². The molecule has 0 fully saturated rings. The molecule has 2 amide bonds. The summed E-state index contributed by atoms with van der Waals surface area (Å²) in [5.41, 5.74) is 2.07. The first-order valence-electron chi connectivity index (χ1n) is 6.95. The molecule has 1 atom stereocenters. The van der Waals surface area contributed by atoms with E-state index in [9.17, 15) is 4.79 Å². The van der Waals surface area contributed by atoms with Crippen LogP contribution in [0.5, 0.6) is 5.75 Å². The van der Waals surface area contributed by atoms with Gasteiger partial charge in [0.2, 0.25) is 0 Å². The Morgan fingerprint density at radius 2 is 2.15 bits per heavy atom. The number of aryl methyl sites for hydroxylation is 1. The van der Waals surface area contributed by atoms with Gasteiger partial charge in [-0.25, -0.2) is 4.79 Å². The minimum Gasteiger partial charge on any atom is -0.494 e. The van der Waals surface area contributed by atoms with Crippen molar-refractivity contribution >= 4 is 6.03 Å². The van der Waals surface area contributed by atoms with E-state index in [-0.39, 0.29) is 6.03 Å². The first kappa shape index (κ1) is 16.3. The molecular weight excluding hydrogens is 256 g/mol. The number of carbonyl (C=O) groups excluding carboxylic acids is 1. The van der Waals surface area contributed by atoms with Crippen LogP contribution in [0, 0.1) is 6.92 Å². The minimum atomic E-state index is -0.406. The maximum Gasteiger partial charge on any atom is 0.315 e. The molecule has 1 aromatic rings. The Morgan fingerprint density at radius 1 is 1.40 bits per heavy atom. The molecule has 3 N–H and O–H groups in total. The van der Waals surface area contributed by atoms with E-state index in [0.29, 0.717) is 26.1 Å². The largest absolute Gasteiger partial charge is 0.494 e. The van der Waals surface area contributed by atoms with Crippen molar-refractivity contribution < 1.29 is 14.6 Å². The van der Waals surface area contributed by atoms with E-state index in [0.717, 1.165) is 16.9 Å². The number of carbonyl (C=O) groups is 1. The van der Waals surface area contributed by atoms with Crippen LogP contribution in [0.15, 0.2) is 18.2 Å². The van der Waals surface area contributed by atoms with Gasteiger partial charge in [-0.3, -0.25) is 0 Å². The molecule has 20 heavy (non-hydrogen) atoms. The Bertz CT molecular complexity index is 433. The molecule has 0 aliphatic heterocycles. The number of aliphatic hydroxyl groups excluding tert-OH is 1. The van der Waals surface area contributed by atoms with Crippen molar-refractivity contribution in [2.45, 2.75) is 39.8 Å². The van der Waals surface area contributed by atoms with Crippen LogP contribution in [0.1, 0.15) is 31.4 Å². The summed E-state index contributed by atoms with van der Waals surface area (Å²) in [4.78, 5) is 11.6. The number of amides is 2. The molecule has 0 saturated heterocycles. The Kier molecular flexibility index (Phi) is 6.87. The lowest BCUT2D eigenvalue weighted by Gasteiger charge is -2.13. The fourth-order valence-corrected chi connectivity index (χ4v) is 1.73. The van der Waals surface area contributed by atoms with Gasteiger partial charge in [-0.2, -0.15) is 0 Å². The fraction of sp³-hybridized carbons (Fsp3) is 0.533. The van der Waals surface area contributed by atoms with Crippen LogP contribution in [-0.4, -0.2) is 30.4 Å². The van der Waals surface area contributed by atoms with Crippen LogP contribution in [0.25, 0.3) is 0 Å². The predicted molar refractivity (Wildman–Crippen MR) is 78.9 cm³/mol. The van der Waals surface area contributed by atoms with Gasteiger partial charge in [0.25, 0.3) is 0 Å². The number of hydrogen-bond acceptors (Lipinski definition) is 3. The molecule has 0 bridgehead atoms. The molecule has 0 spiro atoms. The molecule has 5 heteroatoms. The number of nitrogens with one attached hydrogen (secondary N) is 2. The highest BCUT2D eigenvalue weighted by molar-refractivity contribution is 5.73. The number of ether oxygens (including phenoxy) is 1. The van der Waals surface area contributed by atoms with E-state index < -0.39 is 6.10 Å². The van der Waals surface area contributed by atoms with Crippen molar-refractivity contribution in [2.24, 2.45) is 0 Å². The Hall–Kier alpha value is -1.75. The summed E-state index contributed by atoms with van der Waals surface area (Å²) >= 11 is 0. The highest BCUT2D eigenvalue weighted by Gasteiger charge is 2.06. The molecule has 0 heterocycles. The van der Waals surface area contributed by atoms with Crippen LogP contribution in [0.2, 0.25) is 0 Å². The van der Waals surface area contributed by atoms with Crippen molar-refractivity contribution in [2.75, 3.05) is 13.2 Å². The summed E-state index contributed by atoms with van der Waals surface area (Å²) in [6.07, 6.45) is 0.138. The number of urea groups is 1. The third-order valence-corrected chi connectivity index (χ3v) is 2.81. The average Bonchev–Trinajstić information content (AvgIpc) is 2.37. The zero-order chi connectivity index (χ0) is 15.0. The summed E-state index contributed by atoms with van der Waals surface area (Å²) in [6, 6.07) is 5.67. The first-order valence-corrected chi connectivity index (χ1v) is 6.95. The van der Waals surface area contributed by atoms with Gasteiger partial charge in [0, 0.05) is 18.7 Å². The summed E-state index contributed by atoms with van der Waals surface area (Å²) in [5.74, 6) is 0.803. The lowest BCUT2D eigenvalue weighted by molar-refractivity contribution is 0.183. The predicted octanol–water partition coefficient (Wildman–Crippen LogP) is 1.96. The molecule has 1 aromatic carbocycles. The topological polar surface area (TPSA) is 70.6 Å². The third-order valence-electron chi connectivity index (χ3n) is 2.81. The van der Waals surface area contributed by atoms with E-state index in [2.05, 4.69) is 10.6 Å². The Morgan fingerprint density at radius 3 is 2.80 bits per heavy atom.